The molecule has 0 amide bonds. The molecule has 0 fully saturated rings. The molecule has 2 aliphatic rings. The molecule has 2 aliphatic heterocycles. The summed E-state index contributed by atoms with van der Waals surface area (Å²) in [7, 11) is 0. The number of benzene rings is 1. The fourth-order valence-corrected chi connectivity index (χ4v) is 3.30. The first-order valence-electron chi connectivity index (χ1n) is 8.95. The van der Waals surface area contributed by atoms with Gasteiger partial charge in [0.1, 0.15) is 19.0 Å². The van der Waals surface area contributed by atoms with Crippen LogP contribution in [0.15, 0.2) is 24.4 Å². The van der Waals surface area contributed by atoms with E-state index in [1.807, 2.05) is 12.3 Å². The Kier molecular flexibility index (Phi) is 4.12. The summed E-state index contributed by atoms with van der Waals surface area (Å²) in [5.74, 6) is 2.63. The lowest BCUT2D eigenvalue weighted by Gasteiger charge is -2.29. The van der Waals surface area contributed by atoms with Gasteiger partial charge in [-0.1, -0.05) is 26.8 Å². The molecule has 1 aromatic carbocycles. The molecule has 132 valence electrons. The highest BCUT2D eigenvalue weighted by Gasteiger charge is 2.23. The molecule has 1 aromatic heterocycles. The molecule has 0 radical (unpaired) electrons. The molecule has 0 saturated heterocycles. The third-order valence-corrected chi connectivity index (χ3v) is 4.71. The predicted octanol–water partition coefficient (Wildman–Crippen LogP) is 3.10. The highest BCUT2D eigenvalue weighted by molar-refractivity contribution is 5.43. The van der Waals surface area contributed by atoms with Crippen molar-refractivity contribution in [1.29, 1.82) is 0 Å². The van der Waals surface area contributed by atoms with E-state index in [2.05, 4.69) is 42.8 Å². The lowest BCUT2D eigenvalue weighted by atomic mass is 9.95. The fourth-order valence-electron chi connectivity index (χ4n) is 3.30. The van der Waals surface area contributed by atoms with E-state index < -0.39 is 0 Å². The zero-order chi connectivity index (χ0) is 17.4. The Hall–Kier alpha value is -2.14. The van der Waals surface area contributed by atoms with Gasteiger partial charge in [-0.3, -0.25) is 4.90 Å². The van der Waals surface area contributed by atoms with Gasteiger partial charge in [0.25, 0.3) is 0 Å². The van der Waals surface area contributed by atoms with E-state index in [1.165, 1.54) is 16.8 Å². The number of hydrogen-bond acceptors (Lipinski definition) is 5. The van der Waals surface area contributed by atoms with Crippen LogP contribution in [0.4, 0.5) is 0 Å². The molecule has 0 unspecified atom stereocenters. The maximum absolute atomic E-state index is 5.70. The second-order valence-electron chi connectivity index (χ2n) is 7.85. The van der Waals surface area contributed by atoms with Crippen LogP contribution in [0.25, 0.3) is 0 Å². The van der Waals surface area contributed by atoms with E-state index in [0.717, 1.165) is 43.4 Å². The summed E-state index contributed by atoms with van der Waals surface area (Å²) >= 11 is 0. The Morgan fingerprint density at radius 1 is 1.12 bits per heavy atom. The predicted molar refractivity (Wildman–Crippen MR) is 96.0 cm³/mol. The van der Waals surface area contributed by atoms with Gasteiger partial charge in [-0.15, -0.1) is 0 Å². The Balaban J connectivity index is 1.50. The molecular weight excluding hydrogens is 314 g/mol. The largest absolute Gasteiger partial charge is 0.486 e. The van der Waals surface area contributed by atoms with Gasteiger partial charge in [0.2, 0.25) is 0 Å². The van der Waals surface area contributed by atoms with Crippen molar-refractivity contribution in [2.75, 3.05) is 19.8 Å². The molecule has 3 heterocycles. The first kappa shape index (κ1) is 16.3. The van der Waals surface area contributed by atoms with Crippen LogP contribution < -0.4 is 9.47 Å². The summed E-state index contributed by atoms with van der Waals surface area (Å²) < 4.78 is 11.3. The van der Waals surface area contributed by atoms with Crippen molar-refractivity contribution in [2.45, 2.75) is 45.7 Å². The second-order valence-corrected chi connectivity index (χ2v) is 7.85. The maximum Gasteiger partial charge on any atom is 0.161 e. The quantitative estimate of drug-likeness (QED) is 0.841. The molecule has 4 rings (SSSR count). The number of aromatic nitrogens is 2. The first-order valence-corrected chi connectivity index (χ1v) is 8.95. The average Bonchev–Trinajstić information content (AvgIpc) is 2.60. The van der Waals surface area contributed by atoms with Crippen molar-refractivity contribution < 1.29 is 9.47 Å². The van der Waals surface area contributed by atoms with E-state index in [9.17, 15) is 0 Å². The minimum atomic E-state index is -0.0207. The molecule has 0 atom stereocenters. The van der Waals surface area contributed by atoms with Gasteiger partial charge in [-0.2, -0.15) is 0 Å². The van der Waals surface area contributed by atoms with E-state index >= 15 is 0 Å². The highest BCUT2D eigenvalue weighted by Crippen LogP contribution is 2.31. The van der Waals surface area contributed by atoms with Gasteiger partial charge in [0.05, 0.1) is 5.69 Å². The van der Waals surface area contributed by atoms with E-state index in [4.69, 9.17) is 14.5 Å². The standard InChI is InChI=1S/C20H25N3O2/c1-20(2,3)19-21-11-15-6-7-23(13-16(15)22-19)12-14-4-5-17-18(10-14)25-9-8-24-17/h4-5,10-11H,6-9,12-13H2,1-3H3. The SMILES string of the molecule is CC(C)(C)c1ncc2c(n1)CN(Cc1ccc3c(c1)OCCO3)CC2. The van der Waals surface area contributed by atoms with Crippen LogP contribution >= 0.6 is 0 Å². The Morgan fingerprint density at radius 3 is 2.72 bits per heavy atom. The van der Waals surface area contributed by atoms with Crippen LogP contribution in [0.1, 0.15) is 43.4 Å². The van der Waals surface area contributed by atoms with Gasteiger partial charge in [0.15, 0.2) is 11.5 Å². The first-order chi connectivity index (χ1) is 12.0. The number of rotatable bonds is 2. The van der Waals surface area contributed by atoms with Crippen molar-refractivity contribution in [3.63, 3.8) is 0 Å². The normalized spacial score (nSPS) is 17.2. The molecule has 0 saturated carbocycles. The van der Waals surface area contributed by atoms with Gasteiger partial charge in [0, 0.05) is 31.2 Å². The van der Waals surface area contributed by atoms with E-state index in [0.29, 0.717) is 13.2 Å². The zero-order valence-corrected chi connectivity index (χ0v) is 15.2. The molecule has 0 N–H and O–H groups in total. The number of ether oxygens (including phenoxy) is 2. The zero-order valence-electron chi connectivity index (χ0n) is 15.2. The smallest absolute Gasteiger partial charge is 0.161 e. The second kappa shape index (κ2) is 6.30. The Bertz CT molecular complexity index is 783. The van der Waals surface area contributed by atoms with Crippen molar-refractivity contribution in [1.82, 2.24) is 14.9 Å². The summed E-state index contributed by atoms with van der Waals surface area (Å²) in [4.78, 5) is 11.8. The molecule has 0 aliphatic carbocycles. The maximum atomic E-state index is 5.70. The average molecular weight is 339 g/mol. The number of nitrogens with zero attached hydrogens (tertiary/aromatic N) is 3. The van der Waals surface area contributed by atoms with Gasteiger partial charge < -0.3 is 9.47 Å². The van der Waals surface area contributed by atoms with Gasteiger partial charge >= 0.3 is 0 Å². The van der Waals surface area contributed by atoms with Crippen LogP contribution in [0.2, 0.25) is 0 Å². The highest BCUT2D eigenvalue weighted by atomic mass is 16.6. The van der Waals surface area contributed by atoms with Gasteiger partial charge in [-0.05, 0) is 29.7 Å². The van der Waals surface area contributed by atoms with Crippen LogP contribution in [-0.2, 0) is 24.9 Å². The molecule has 0 bridgehead atoms. The van der Waals surface area contributed by atoms with Crippen molar-refractivity contribution >= 4 is 0 Å². The lowest BCUT2D eigenvalue weighted by Crippen LogP contribution is -2.32. The van der Waals surface area contributed by atoms with E-state index in [-0.39, 0.29) is 5.41 Å². The third kappa shape index (κ3) is 3.47. The topological polar surface area (TPSA) is 47.5 Å². The molecule has 2 aromatic rings. The minimum Gasteiger partial charge on any atom is -0.486 e. The lowest BCUT2D eigenvalue weighted by molar-refractivity contribution is 0.171. The van der Waals surface area contributed by atoms with Gasteiger partial charge in [-0.25, -0.2) is 9.97 Å². The van der Waals surface area contributed by atoms with Crippen molar-refractivity contribution in [3.05, 3.63) is 47.0 Å². The third-order valence-electron chi connectivity index (χ3n) is 4.71. The van der Waals surface area contributed by atoms with Crippen LogP contribution in [0, 0.1) is 0 Å². The van der Waals surface area contributed by atoms with Crippen LogP contribution in [-0.4, -0.2) is 34.6 Å². The van der Waals surface area contributed by atoms with E-state index in [1.54, 1.807) is 0 Å². The van der Waals surface area contributed by atoms with Crippen LogP contribution in [0.5, 0.6) is 11.5 Å². The molecule has 0 spiro atoms. The summed E-state index contributed by atoms with van der Waals surface area (Å²) in [6, 6.07) is 6.25. The summed E-state index contributed by atoms with van der Waals surface area (Å²) in [5, 5.41) is 0. The number of hydrogen-bond donors (Lipinski definition) is 0. The summed E-state index contributed by atoms with van der Waals surface area (Å²) in [6.07, 6.45) is 3.02. The number of fused-ring (bicyclic) bond motifs is 2. The van der Waals surface area contributed by atoms with Crippen LogP contribution in [0.3, 0.4) is 0 Å². The summed E-state index contributed by atoms with van der Waals surface area (Å²) in [6.45, 7) is 10.5. The van der Waals surface area contributed by atoms with Crippen molar-refractivity contribution in [3.8, 4) is 11.5 Å². The Morgan fingerprint density at radius 2 is 1.92 bits per heavy atom. The fraction of sp³-hybridized carbons (Fsp3) is 0.500. The molecule has 25 heavy (non-hydrogen) atoms. The monoisotopic (exact) mass is 339 g/mol. The molecule has 5 heteroatoms. The Labute approximate surface area is 149 Å². The molecular formula is C20H25N3O2. The minimum absolute atomic E-state index is 0.0207. The van der Waals surface area contributed by atoms with Crippen molar-refractivity contribution in [2.24, 2.45) is 0 Å². The summed E-state index contributed by atoms with van der Waals surface area (Å²) in [5.41, 5.74) is 3.68. The molecule has 5 nitrogen and oxygen atoms in total.